The van der Waals surface area contributed by atoms with Crippen LogP contribution in [0, 0.1) is 6.92 Å². The van der Waals surface area contributed by atoms with E-state index in [1.807, 2.05) is 24.5 Å². The van der Waals surface area contributed by atoms with Crippen LogP contribution in [0.15, 0.2) is 36.9 Å². The summed E-state index contributed by atoms with van der Waals surface area (Å²) in [7, 11) is 0. The van der Waals surface area contributed by atoms with E-state index in [9.17, 15) is 4.79 Å². The number of nitrogens with zero attached hydrogens (tertiary/aromatic N) is 4. The van der Waals surface area contributed by atoms with Crippen LogP contribution < -0.4 is 10.6 Å². The average molecular weight is 350 g/mol. The second kappa shape index (κ2) is 6.74. The summed E-state index contributed by atoms with van der Waals surface area (Å²) in [5.74, 6) is 1.22. The van der Waals surface area contributed by atoms with E-state index in [2.05, 4.69) is 43.0 Å². The lowest BCUT2D eigenvalue weighted by molar-refractivity contribution is -0.120. The minimum atomic E-state index is 0.0294. The second-order valence-electron chi connectivity index (χ2n) is 6.88. The second-order valence-corrected chi connectivity index (χ2v) is 6.88. The molecular weight excluding hydrogens is 328 g/mol. The Balaban J connectivity index is 1.41. The Morgan fingerprint density at radius 3 is 2.96 bits per heavy atom. The number of imidazole rings is 1. The number of fused-ring (bicyclic) bond motifs is 1. The number of amides is 1. The van der Waals surface area contributed by atoms with Gasteiger partial charge in [0.25, 0.3) is 0 Å². The van der Waals surface area contributed by atoms with Gasteiger partial charge < -0.3 is 15.0 Å². The molecule has 0 aromatic carbocycles. The predicted molar refractivity (Wildman–Crippen MR) is 98.9 cm³/mol. The monoisotopic (exact) mass is 350 g/mol. The molecule has 26 heavy (non-hydrogen) atoms. The molecule has 1 aliphatic rings. The van der Waals surface area contributed by atoms with E-state index in [1.165, 1.54) is 0 Å². The Morgan fingerprint density at radius 2 is 2.15 bits per heavy atom. The number of carbonyl (C=O) groups is 1. The molecule has 4 rings (SSSR count). The molecule has 3 aromatic heterocycles. The number of nitrogens with one attached hydrogen (secondary N) is 2. The molecule has 0 saturated heterocycles. The Bertz CT molecular complexity index is 944. The zero-order chi connectivity index (χ0) is 18.1. The topological polar surface area (TPSA) is 84.2 Å². The molecular formula is C19H22N6O. The van der Waals surface area contributed by atoms with Crippen LogP contribution in [0.3, 0.4) is 0 Å². The summed E-state index contributed by atoms with van der Waals surface area (Å²) in [6.07, 6.45) is 7.38. The van der Waals surface area contributed by atoms with E-state index < -0.39 is 0 Å². The molecule has 0 radical (unpaired) electrons. The van der Waals surface area contributed by atoms with Crippen molar-refractivity contribution in [3.63, 3.8) is 0 Å². The van der Waals surface area contributed by atoms with Gasteiger partial charge in [-0.1, -0.05) is 6.07 Å². The van der Waals surface area contributed by atoms with E-state index in [-0.39, 0.29) is 11.9 Å². The van der Waals surface area contributed by atoms with Gasteiger partial charge in [0.2, 0.25) is 5.91 Å². The summed E-state index contributed by atoms with van der Waals surface area (Å²) in [5, 5.41) is 6.32. The smallest absolute Gasteiger partial charge is 0.217 e. The van der Waals surface area contributed by atoms with Gasteiger partial charge in [0.05, 0.1) is 18.4 Å². The summed E-state index contributed by atoms with van der Waals surface area (Å²) in [6.45, 7) is 4.25. The standard InChI is InChI=1S/C19H22N6O/c1-12-4-3-5-25-16(10-21-19(12)25)9-20-18-8-17(22-11-23-18)14-6-15(7-14)24-13(2)26/h3-5,8,10-11,14-15H,6-7,9H2,1-2H3,(H,24,26)(H,20,22,23). The highest BCUT2D eigenvalue weighted by molar-refractivity contribution is 5.73. The van der Waals surface area contributed by atoms with Crippen molar-refractivity contribution >= 4 is 17.4 Å². The molecule has 1 saturated carbocycles. The maximum atomic E-state index is 11.1. The van der Waals surface area contributed by atoms with Crippen molar-refractivity contribution in [2.45, 2.75) is 45.2 Å². The van der Waals surface area contributed by atoms with E-state index in [0.29, 0.717) is 12.5 Å². The van der Waals surface area contributed by atoms with Crippen molar-refractivity contribution in [1.29, 1.82) is 0 Å². The molecule has 0 unspecified atom stereocenters. The molecule has 134 valence electrons. The van der Waals surface area contributed by atoms with Gasteiger partial charge in [-0.15, -0.1) is 0 Å². The van der Waals surface area contributed by atoms with Gasteiger partial charge in [-0.3, -0.25) is 4.79 Å². The van der Waals surface area contributed by atoms with Crippen molar-refractivity contribution in [2.75, 3.05) is 5.32 Å². The van der Waals surface area contributed by atoms with Crippen LogP contribution in [-0.4, -0.2) is 31.3 Å². The van der Waals surface area contributed by atoms with Crippen LogP contribution in [0.2, 0.25) is 0 Å². The molecule has 0 aliphatic heterocycles. The molecule has 1 aliphatic carbocycles. The molecule has 0 spiro atoms. The van der Waals surface area contributed by atoms with Crippen molar-refractivity contribution in [3.8, 4) is 0 Å². The molecule has 1 amide bonds. The third-order valence-corrected chi connectivity index (χ3v) is 4.91. The number of pyridine rings is 1. The first-order chi connectivity index (χ1) is 12.6. The fourth-order valence-electron chi connectivity index (χ4n) is 3.47. The van der Waals surface area contributed by atoms with Crippen LogP contribution in [0.4, 0.5) is 5.82 Å². The molecule has 0 atom stereocenters. The highest BCUT2D eigenvalue weighted by Crippen LogP contribution is 2.36. The zero-order valence-corrected chi connectivity index (χ0v) is 14.9. The highest BCUT2D eigenvalue weighted by atomic mass is 16.1. The summed E-state index contributed by atoms with van der Waals surface area (Å²) in [5.41, 5.74) is 4.24. The lowest BCUT2D eigenvalue weighted by atomic mass is 9.78. The van der Waals surface area contributed by atoms with Crippen LogP contribution in [0.1, 0.15) is 42.6 Å². The number of carbonyl (C=O) groups excluding carboxylic acids is 1. The van der Waals surface area contributed by atoms with Crippen LogP contribution in [-0.2, 0) is 11.3 Å². The Kier molecular flexibility index (Phi) is 4.28. The van der Waals surface area contributed by atoms with Crippen molar-refractivity contribution in [1.82, 2.24) is 24.7 Å². The normalized spacial score (nSPS) is 19.2. The molecule has 3 heterocycles. The van der Waals surface area contributed by atoms with E-state index in [4.69, 9.17) is 0 Å². The molecule has 3 aromatic rings. The zero-order valence-electron chi connectivity index (χ0n) is 14.9. The van der Waals surface area contributed by atoms with Crippen LogP contribution in [0.5, 0.6) is 0 Å². The molecule has 2 N–H and O–H groups in total. The lowest BCUT2D eigenvalue weighted by Crippen LogP contribution is -2.42. The molecule has 7 nitrogen and oxygen atoms in total. The fourth-order valence-corrected chi connectivity index (χ4v) is 3.47. The maximum Gasteiger partial charge on any atom is 0.217 e. The van der Waals surface area contributed by atoms with Gasteiger partial charge in [0.15, 0.2) is 0 Å². The quantitative estimate of drug-likeness (QED) is 0.738. The maximum absolute atomic E-state index is 11.1. The van der Waals surface area contributed by atoms with E-state index in [1.54, 1.807) is 13.3 Å². The highest BCUT2D eigenvalue weighted by Gasteiger charge is 2.31. The van der Waals surface area contributed by atoms with Crippen molar-refractivity contribution < 1.29 is 4.79 Å². The van der Waals surface area contributed by atoms with E-state index in [0.717, 1.165) is 41.3 Å². The van der Waals surface area contributed by atoms with Crippen LogP contribution >= 0.6 is 0 Å². The van der Waals surface area contributed by atoms with Gasteiger partial charge in [-0.05, 0) is 31.4 Å². The molecule has 1 fully saturated rings. The number of hydrogen-bond donors (Lipinski definition) is 2. The van der Waals surface area contributed by atoms with Gasteiger partial charge in [0, 0.05) is 36.8 Å². The largest absolute Gasteiger partial charge is 0.364 e. The first kappa shape index (κ1) is 16.5. The number of anilines is 1. The number of aromatic nitrogens is 4. The third-order valence-electron chi connectivity index (χ3n) is 4.91. The Labute approximate surface area is 151 Å². The van der Waals surface area contributed by atoms with Crippen molar-refractivity contribution in [2.24, 2.45) is 0 Å². The fraction of sp³-hybridized carbons (Fsp3) is 0.368. The predicted octanol–water partition coefficient (Wildman–Crippen LogP) is 2.43. The number of rotatable bonds is 5. The first-order valence-corrected chi connectivity index (χ1v) is 8.84. The number of aryl methyl sites for hydroxylation is 1. The van der Waals surface area contributed by atoms with Gasteiger partial charge in [0.1, 0.15) is 17.8 Å². The van der Waals surface area contributed by atoms with Crippen molar-refractivity contribution in [3.05, 3.63) is 53.9 Å². The first-order valence-electron chi connectivity index (χ1n) is 8.84. The summed E-state index contributed by atoms with van der Waals surface area (Å²) in [6, 6.07) is 6.36. The Hall–Kier alpha value is -2.96. The summed E-state index contributed by atoms with van der Waals surface area (Å²) >= 11 is 0. The number of hydrogen-bond acceptors (Lipinski definition) is 5. The lowest BCUT2D eigenvalue weighted by Gasteiger charge is -2.35. The SMILES string of the molecule is CC(=O)NC1CC(c2cc(NCc3cnc4c(C)cccn34)ncn2)C1. The minimum absolute atomic E-state index is 0.0294. The molecule has 0 bridgehead atoms. The Morgan fingerprint density at radius 1 is 1.31 bits per heavy atom. The van der Waals surface area contributed by atoms with E-state index >= 15 is 0 Å². The summed E-state index contributed by atoms with van der Waals surface area (Å²) in [4.78, 5) is 24.3. The van der Waals surface area contributed by atoms with Crippen LogP contribution in [0.25, 0.3) is 5.65 Å². The minimum Gasteiger partial charge on any atom is -0.364 e. The van der Waals surface area contributed by atoms with Gasteiger partial charge in [-0.25, -0.2) is 15.0 Å². The van der Waals surface area contributed by atoms with Gasteiger partial charge >= 0.3 is 0 Å². The summed E-state index contributed by atoms with van der Waals surface area (Å²) < 4.78 is 2.09. The van der Waals surface area contributed by atoms with Gasteiger partial charge in [-0.2, -0.15) is 0 Å². The average Bonchev–Trinajstić information content (AvgIpc) is 3.00. The third kappa shape index (κ3) is 3.24. The molecule has 7 heteroatoms.